The van der Waals surface area contributed by atoms with Crippen LogP contribution in [0.25, 0.3) is 0 Å². The summed E-state index contributed by atoms with van der Waals surface area (Å²) in [7, 11) is 0. The summed E-state index contributed by atoms with van der Waals surface area (Å²) in [6.07, 6.45) is -0.692. The van der Waals surface area contributed by atoms with Gasteiger partial charge in [-0.1, -0.05) is 6.07 Å². The van der Waals surface area contributed by atoms with Crippen LogP contribution in [0.4, 0.5) is 13.6 Å². The average molecular weight is 488 g/mol. The Kier molecular flexibility index (Phi) is 7.23. The van der Waals surface area contributed by atoms with Crippen LogP contribution in [0.1, 0.15) is 39.0 Å². The summed E-state index contributed by atoms with van der Waals surface area (Å²) in [6, 6.07) is 2.79. The molecule has 30 heavy (non-hydrogen) atoms. The van der Waals surface area contributed by atoms with Gasteiger partial charge in [0.25, 0.3) is 5.56 Å². The number of hydrogen-bond donors (Lipinski definition) is 1. The maximum absolute atomic E-state index is 14.1. The third kappa shape index (κ3) is 5.56. The van der Waals surface area contributed by atoms with Gasteiger partial charge in [-0.25, -0.2) is 18.4 Å². The normalized spacial score (nSPS) is 12.5. The molecule has 0 spiro atoms. The van der Waals surface area contributed by atoms with E-state index in [1.54, 1.807) is 27.7 Å². The van der Waals surface area contributed by atoms with Crippen molar-refractivity contribution in [1.82, 2.24) is 14.5 Å². The van der Waals surface area contributed by atoms with Crippen LogP contribution in [-0.4, -0.2) is 26.9 Å². The molecule has 0 saturated heterocycles. The second-order valence-corrected chi connectivity index (χ2v) is 8.72. The van der Waals surface area contributed by atoms with Gasteiger partial charge < -0.3 is 10.1 Å². The molecule has 0 radical (unpaired) electrons. The van der Waals surface area contributed by atoms with Crippen LogP contribution in [0, 0.1) is 18.6 Å². The molecule has 0 aliphatic rings. The maximum atomic E-state index is 14.1. The quantitative estimate of drug-likeness (QED) is 0.701. The van der Waals surface area contributed by atoms with Crippen molar-refractivity contribution in [3.05, 3.63) is 66.4 Å². The fraction of sp³-hybridized carbons (Fsp3) is 0.450. The second kappa shape index (κ2) is 9.11. The van der Waals surface area contributed by atoms with Crippen LogP contribution >= 0.6 is 15.9 Å². The van der Waals surface area contributed by atoms with E-state index >= 15 is 0 Å². The lowest BCUT2D eigenvalue weighted by molar-refractivity contribution is 0.0503. The molecule has 2 rings (SSSR count). The number of amides is 1. The lowest BCUT2D eigenvalue weighted by Gasteiger charge is -2.22. The van der Waals surface area contributed by atoms with Crippen molar-refractivity contribution in [3.63, 3.8) is 0 Å². The first kappa shape index (κ1) is 23.8. The van der Waals surface area contributed by atoms with Crippen LogP contribution in [0.15, 0.2) is 32.3 Å². The molecule has 10 heteroatoms. The van der Waals surface area contributed by atoms with Crippen molar-refractivity contribution < 1.29 is 18.3 Å². The highest BCUT2D eigenvalue weighted by Gasteiger charge is 2.21. The van der Waals surface area contributed by atoms with E-state index in [-0.39, 0.29) is 22.3 Å². The van der Waals surface area contributed by atoms with E-state index < -0.39 is 47.2 Å². The Labute approximate surface area is 180 Å². The number of carbonyl (C=O) groups excluding carboxylic acids is 1. The first-order valence-corrected chi connectivity index (χ1v) is 10.0. The van der Waals surface area contributed by atoms with E-state index in [1.165, 1.54) is 13.0 Å². The number of benzene rings is 1. The summed E-state index contributed by atoms with van der Waals surface area (Å²) in [5, 5.41) is 2.56. The number of nitrogens with one attached hydrogen (secondary N) is 1. The SMILES string of the molecule is Cc1c(Br)c(=O)n(C[C@H](C)NC(=O)OC(C)(C)C)c(=O)n1Cc1c(F)cccc1F. The Morgan fingerprint density at radius 2 is 1.77 bits per heavy atom. The molecule has 0 aliphatic heterocycles. The van der Waals surface area contributed by atoms with Gasteiger partial charge in [0.1, 0.15) is 21.7 Å². The van der Waals surface area contributed by atoms with E-state index in [1.807, 2.05) is 0 Å². The summed E-state index contributed by atoms with van der Waals surface area (Å²) in [4.78, 5) is 37.5. The number of nitrogens with zero attached hydrogens (tertiary/aromatic N) is 2. The molecule has 1 amide bonds. The zero-order chi connectivity index (χ0) is 22.8. The minimum Gasteiger partial charge on any atom is -0.444 e. The van der Waals surface area contributed by atoms with Gasteiger partial charge in [0.05, 0.1) is 13.1 Å². The molecule has 1 N–H and O–H groups in total. The highest BCUT2D eigenvalue weighted by molar-refractivity contribution is 9.10. The number of aromatic nitrogens is 2. The highest BCUT2D eigenvalue weighted by Crippen LogP contribution is 2.16. The number of alkyl carbamates (subject to hydrolysis) is 1. The number of ether oxygens (including phenoxy) is 1. The zero-order valence-electron chi connectivity index (χ0n) is 17.4. The van der Waals surface area contributed by atoms with E-state index in [4.69, 9.17) is 4.74 Å². The van der Waals surface area contributed by atoms with E-state index in [2.05, 4.69) is 21.2 Å². The minimum absolute atomic E-state index is 0.0864. The molecule has 0 aliphatic carbocycles. The topological polar surface area (TPSA) is 82.3 Å². The summed E-state index contributed by atoms with van der Waals surface area (Å²) < 4.78 is 35.4. The third-order valence-electron chi connectivity index (χ3n) is 4.21. The number of carbonyl (C=O) groups is 1. The van der Waals surface area contributed by atoms with Crippen molar-refractivity contribution in [2.45, 2.75) is 59.4 Å². The van der Waals surface area contributed by atoms with E-state index in [9.17, 15) is 23.2 Å². The van der Waals surface area contributed by atoms with Gasteiger partial charge >= 0.3 is 11.8 Å². The van der Waals surface area contributed by atoms with Crippen LogP contribution in [-0.2, 0) is 17.8 Å². The van der Waals surface area contributed by atoms with Crippen molar-refractivity contribution in [1.29, 1.82) is 0 Å². The molecule has 0 unspecified atom stereocenters. The standard InChI is InChI=1S/C20H24BrF2N3O4/c1-11(24-18(28)30-20(3,4)5)9-26-17(27)16(21)12(2)25(19(26)29)10-13-14(22)7-6-8-15(13)23/h6-8,11H,9-10H2,1-5H3,(H,24,28)/t11-/m0/s1. The van der Waals surface area contributed by atoms with Crippen LogP contribution in [0.5, 0.6) is 0 Å². The Hall–Kier alpha value is -2.49. The number of halogens is 3. The lowest BCUT2D eigenvalue weighted by atomic mass is 10.2. The molecule has 7 nitrogen and oxygen atoms in total. The molecular formula is C20H24BrF2N3O4. The summed E-state index contributed by atoms with van der Waals surface area (Å²) in [5.74, 6) is -1.59. The predicted octanol–water partition coefficient (Wildman–Crippen LogP) is 3.32. The Balaban J connectivity index is 2.39. The monoisotopic (exact) mass is 487 g/mol. The number of rotatable bonds is 5. The zero-order valence-corrected chi connectivity index (χ0v) is 19.0. The van der Waals surface area contributed by atoms with Gasteiger partial charge in [-0.15, -0.1) is 0 Å². The molecular weight excluding hydrogens is 464 g/mol. The Morgan fingerprint density at radius 1 is 1.20 bits per heavy atom. The van der Waals surface area contributed by atoms with Gasteiger partial charge in [0.2, 0.25) is 0 Å². The Morgan fingerprint density at radius 3 is 2.30 bits per heavy atom. The first-order chi connectivity index (χ1) is 13.8. The van der Waals surface area contributed by atoms with Crippen LogP contribution in [0.3, 0.4) is 0 Å². The van der Waals surface area contributed by atoms with Gasteiger partial charge in [-0.2, -0.15) is 0 Å². The fourth-order valence-electron chi connectivity index (χ4n) is 2.78. The van der Waals surface area contributed by atoms with Gasteiger partial charge in [0, 0.05) is 17.3 Å². The van der Waals surface area contributed by atoms with E-state index in [0.717, 1.165) is 21.3 Å². The van der Waals surface area contributed by atoms with Crippen LogP contribution in [0.2, 0.25) is 0 Å². The molecule has 0 bridgehead atoms. The van der Waals surface area contributed by atoms with Crippen molar-refractivity contribution in [2.24, 2.45) is 0 Å². The van der Waals surface area contributed by atoms with Crippen molar-refractivity contribution in [3.8, 4) is 0 Å². The van der Waals surface area contributed by atoms with Crippen LogP contribution < -0.4 is 16.6 Å². The smallest absolute Gasteiger partial charge is 0.407 e. The lowest BCUT2D eigenvalue weighted by Crippen LogP contribution is -2.47. The first-order valence-electron chi connectivity index (χ1n) is 9.24. The van der Waals surface area contributed by atoms with E-state index in [0.29, 0.717) is 0 Å². The average Bonchev–Trinajstić information content (AvgIpc) is 2.61. The molecule has 1 heterocycles. The van der Waals surface area contributed by atoms with Gasteiger partial charge in [-0.3, -0.25) is 13.9 Å². The van der Waals surface area contributed by atoms with Gasteiger partial charge in [0.15, 0.2) is 0 Å². The summed E-state index contributed by atoms with van der Waals surface area (Å²) in [5.41, 5.74) is -2.12. The molecule has 2 aromatic rings. The molecule has 164 valence electrons. The molecule has 1 aromatic carbocycles. The minimum atomic E-state index is -0.796. The highest BCUT2D eigenvalue weighted by atomic mass is 79.9. The van der Waals surface area contributed by atoms with Crippen molar-refractivity contribution in [2.75, 3.05) is 0 Å². The Bertz CT molecular complexity index is 1050. The summed E-state index contributed by atoms with van der Waals surface area (Å²) >= 11 is 3.15. The maximum Gasteiger partial charge on any atom is 0.407 e. The fourth-order valence-corrected chi connectivity index (χ4v) is 3.21. The number of hydrogen-bond acceptors (Lipinski definition) is 4. The van der Waals surface area contributed by atoms with Crippen molar-refractivity contribution >= 4 is 22.0 Å². The molecule has 1 aromatic heterocycles. The third-order valence-corrected chi connectivity index (χ3v) is 5.13. The molecule has 1 atom stereocenters. The van der Waals surface area contributed by atoms with Gasteiger partial charge in [-0.05, 0) is 62.7 Å². The molecule has 0 saturated carbocycles. The molecule has 0 fully saturated rings. The predicted molar refractivity (Wildman–Crippen MR) is 112 cm³/mol. The second-order valence-electron chi connectivity index (χ2n) is 7.93. The summed E-state index contributed by atoms with van der Waals surface area (Å²) in [6.45, 7) is 7.67. The largest absolute Gasteiger partial charge is 0.444 e.